The lowest BCUT2D eigenvalue weighted by Crippen LogP contribution is -2.05. The Bertz CT molecular complexity index is 275. The molecule has 1 N–H and O–H groups in total. The highest BCUT2D eigenvalue weighted by molar-refractivity contribution is 5.27. The van der Waals surface area contributed by atoms with Crippen LogP contribution in [0.2, 0.25) is 0 Å². The Balaban J connectivity index is 2.49. The monoisotopic (exact) mass is 208 g/mol. The van der Waals surface area contributed by atoms with Crippen LogP contribution in [0.15, 0.2) is 24.3 Å². The number of ether oxygens (including phenoxy) is 1. The number of aryl methyl sites for hydroxylation is 1. The van der Waals surface area contributed by atoms with Crippen molar-refractivity contribution in [1.82, 2.24) is 0 Å². The Morgan fingerprint density at radius 1 is 1.13 bits per heavy atom. The van der Waals surface area contributed by atoms with E-state index >= 15 is 0 Å². The van der Waals surface area contributed by atoms with E-state index in [4.69, 9.17) is 9.84 Å². The quantitative estimate of drug-likeness (QED) is 0.806. The third-order valence-electron chi connectivity index (χ3n) is 2.15. The summed E-state index contributed by atoms with van der Waals surface area (Å²) in [7, 11) is 0. The van der Waals surface area contributed by atoms with Gasteiger partial charge in [0.1, 0.15) is 5.75 Å². The minimum absolute atomic E-state index is 0.216. The number of hydrogen-bond donors (Lipinski definition) is 1. The first-order chi connectivity index (χ1) is 7.08. The Morgan fingerprint density at radius 3 is 2.20 bits per heavy atom. The highest BCUT2D eigenvalue weighted by Crippen LogP contribution is 2.15. The van der Waals surface area contributed by atoms with Gasteiger partial charge in [-0.1, -0.05) is 12.1 Å². The van der Waals surface area contributed by atoms with Crippen molar-refractivity contribution in [2.24, 2.45) is 0 Å². The van der Waals surface area contributed by atoms with Crippen LogP contribution in [0.5, 0.6) is 5.75 Å². The number of hydrogen-bond acceptors (Lipinski definition) is 2. The average molecular weight is 208 g/mol. The lowest BCUT2D eigenvalue weighted by molar-refractivity contribution is 0.185. The van der Waals surface area contributed by atoms with E-state index in [0.29, 0.717) is 0 Å². The average Bonchev–Trinajstić information content (AvgIpc) is 2.16. The van der Waals surface area contributed by atoms with Gasteiger partial charge in [0.15, 0.2) is 0 Å². The van der Waals surface area contributed by atoms with Crippen LogP contribution in [-0.2, 0) is 6.42 Å². The van der Waals surface area contributed by atoms with Gasteiger partial charge in [-0.05, 0) is 51.3 Å². The van der Waals surface area contributed by atoms with Gasteiger partial charge in [0, 0.05) is 0 Å². The zero-order valence-corrected chi connectivity index (χ0v) is 9.73. The molecule has 1 aromatic carbocycles. The summed E-state index contributed by atoms with van der Waals surface area (Å²) in [4.78, 5) is 0. The van der Waals surface area contributed by atoms with Crippen LogP contribution in [-0.4, -0.2) is 17.3 Å². The van der Waals surface area contributed by atoms with Crippen molar-refractivity contribution in [3.05, 3.63) is 29.8 Å². The third-order valence-corrected chi connectivity index (χ3v) is 2.15. The second-order valence-electron chi connectivity index (χ2n) is 4.20. The minimum atomic E-state index is -0.225. The molecule has 1 aromatic rings. The van der Waals surface area contributed by atoms with Gasteiger partial charge in [-0.15, -0.1) is 0 Å². The SMILES string of the molecule is CC(O)CCc1ccc(OC(C)C)cc1. The predicted octanol–water partition coefficient (Wildman–Crippen LogP) is 2.79. The van der Waals surface area contributed by atoms with Crippen LogP contribution in [0.1, 0.15) is 32.8 Å². The van der Waals surface area contributed by atoms with Gasteiger partial charge >= 0.3 is 0 Å². The van der Waals surface area contributed by atoms with Crippen molar-refractivity contribution in [2.75, 3.05) is 0 Å². The first kappa shape index (κ1) is 12.1. The first-order valence-corrected chi connectivity index (χ1v) is 5.51. The molecule has 0 aromatic heterocycles. The van der Waals surface area contributed by atoms with Crippen molar-refractivity contribution in [1.29, 1.82) is 0 Å². The van der Waals surface area contributed by atoms with Gasteiger partial charge in [0.2, 0.25) is 0 Å². The smallest absolute Gasteiger partial charge is 0.119 e. The molecule has 0 saturated carbocycles. The molecule has 15 heavy (non-hydrogen) atoms. The number of aliphatic hydroxyl groups is 1. The van der Waals surface area contributed by atoms with E-state index in [1.807, 2.05) is 32.9 Å². The molecular formula is C13H20O2. The zero-order valence-electron chi connectivity index (χ0n) is 9.73. The van der Waals surface area contributed by atoms with E-state index < -0.39 is 0 Å². The molecule has 1 rings (SSSR count). The van der Waals surface area contributed by atoms with Crippen LogP contribution in [0.3, 0.4) is 0 Å². The molecular weight excluding hydrogens is 188 g/mol. The molecule has 0 aliphatic carbocycles. The predicted molar refractivity (Wildman–Crippen MR) is 62.2 cm³/mol. The zero-order chi connectivity index (χ0) is 11.3. The maximum Gasteiger partial charge on any atom is 0.119 e. The van der Waals surface area contributed by atoms with E-state index in [9.17, 15) is 0 Å². The summed E-state index contributed by atoms with van der Waals surface area (Å²) in [6.45, 7) is 5.85. The molecule has 2 nitrogen and oxygen atoms in total. The molecule has 0 bridgehead atoms. The van der Waals surface area contributed by atoms with Crippen LogP contribution in [0, 0.1) is 0 Å². The number of aliphatic hydroxyl groups excluding tert-OH is 1. The standard InChI is InChI=1S/C13H20O2/c1-10(2)15-13-8-6-12(7-9-13)5-4-11(3)14/h6-11,14H,4-5H2,1-3H3. The van der Waals surface area contributed by atoms with Crippen LogP contribution >= 0.6 is 0 Å². The first-order valence-electron chi connectivity index (χ1n) is 5.51. The highest BCUT2D eigenvalue weighted by atomic mass is 16.5. The second-order valence-corrected chi connectivity index (χ2v) is 4.20. The fourth-order valence-electron chi connectivity index (χ4n) is 1.38. The Hall–Kier alpha value is -1.02. The van der Waals surface area contributed by atoms with Crippen molar-refractivity contribution >= 4 is 0 Å². The highest BCUT2D eigenvalue weighted by Gasteiger charge is 2.00. The van der Waals surface area contributed by atoms with Gasteiger partial charge in [-0.2, -0.15) is 0 Å². The molecule has 0 radical (unpaired) electrons. The summed E-state index contributed by atoms with van der Waals surface area (Å²) in [6.07, 6.45) is 1.72. The van der Waals surface area contributed by atoms with E-state index in [1.54, 1.807) is 0 Å². The molecule has 0 aliphatic heterocycles. The molecule has 0 aliphatic rings. The van der Waals surface area contributed by atoms with E-state index in [-0.39, 0.29) is 12.2 Å². The van der Waals surface area contributed by atoms with Gasteiger partial charge < -0.3 is 9.84 Å². The molecule has 0 spiro atoms. The number of benzene rings is 1. The van der Waals surface area contributed by atoms with Crippen molar-refractivity contribution in [2.45, 2.75) is 45.8 Å². The van der Waals surface area contributed by atoms with Gasteiger partial charge in [0.25, 0.3) is 0 Å². The largest absolute Gasteiger partial charge is 0.491 e. The summed E-state index contributed by atoms with van der Waals surface area (Å²) < 4.78 is 5.55. The molecule has 0 heterocycles. The lowest BCUT2D eigenvalue weighted by atomic mass is 10.1. The van der Waals surface area contributed by atoms with Crippen molar-refractivity contribution in [3.8, 4) is 5.75 Å². The summed E-state index contributed by atoms with van der Waals surface area (Å²) in [5.74, 6) is 0.908. The van der Waals surface area contributed by atoms with Gasteiger partial charge in [-0.3, -0.25) is 0 Å². The molecule has 1 unspecified atom stereocenters. The third kappa shape index (κ3) is 4.84. The second kappa shape index (κ2) is 5.76. The molecule has 0 amide bonds. The summed E-state index contributed by atoms with van der Waals surface area (Å²) in [5.41, 5.74) is 1.24. The molecule has 84 valence electrons. The van der Waals surface area contributed by atoms with Crippen molar-refractivity contribution in [3.63, 3.8) is 0 Å². The molecule has 1 atom stereocenters. The Kier molecular flexibility index (Phi) is 4.63. The molecule has 0 saturated heterocycles. The maximum atomic E-state index is 9.16. The number of rotatable bonds is 5. The summed E-state index contributed by atoms with van der Waals surface area (Å²) in [6, 6.07) is 8.08. The fraction of sp³-hybridized carbons (Fsp3) is 0.538. The molecule has 0 fully saturated rings. The van der Waals surface area contributed by atoms with Gasteiger partial charge in [-0.25, -0.2) is 0 Å². The van der Waals surface area contributed by atoms with Crippen molar-refractivity contribution < 1.29 is 9.84 Å². The summed E-state index contributed by atoms with van der Waals surface area (Å²) in [5, 5.41) is 9.16. The fourth-order valence-corrected chi connectivity index (χ4v) is 1.38. The topological polar surface area (TPSA) is 29.5 Å². The Labute approximate surface area is 91.9 Å². The lowest BCUT2D eigenvalue weighted by Gasteiger charge is -2.10. The van der Waals surface area contributed by atoms with Crippen LogP contribution < -0.4 is 4.74 Å². The Morgan fingerprint density at radius 2 is 1.73 bits per heavy atom. The maximum absolute atomic E-state index is 9.16. The summed E-state index contributed by atoms with van der Waals surface area (Å²) >= 11 is 0. The van der Waals surface area contributed by atoms with Crippen LogP contribution in [0.25, 0.3) is 0 Å². The molecule has 2 heteroatoms. The van der Waals surface area contributed by atoms with E-state index in [1.165, 1.54) is 5.56 Å². The van der Waals surface area contributed by atoms with E-state index in [0.717, 1.165) is 18.6 Å². The van der Waals surface area contributed by atoms with E-state index in [2.05, 4.69) is 12.1 Å². The van der Waals surface area contributed by atoms with Crippen LogP contribution in [0.4, 0.5) is 0 Å². The normalized spacial score (nSPS) is 12.9. The minimum Gasteiger partial charge on any atom is -0.491 e. The van der Waals surface area contributed by atoms with Gasteiger partial charge in [0.05, 0.1) is 12.2 Å².